The zero-order valence-electron chi connectivity index (χ0n) is 63.3. The third kappa shape index (κ3) is 76.6. The Kier molecular flexibility index (Phi) is 72.2. The fourth-order valence-electron chi connectivity index (χ4n) is 10.4. The molecule has 0 fully saturated rings. The van der Waals surface area contributed by atoms with E-state index in [1.165, 1.54) is 89.9 Å². The minimum absolute atomic E-state index is 0.0899. The summed E-state index contributed by atoms with van der Waals surface area (Å²) in [5.74, 6) is -1.60. The number of hydrogen-bond acceptors (Lipinski definition) is 14. The van der Waals surface area contributed by atoms with Gasteiger partial charge in [-0.3, -0.25) is 32.5 Å². The third-order valence-corrected chi connectivity index (χ3v) is 18.2. The molecule has 16 nitrogen and oxygen atoms in total. The fraction of sp³-hybridized carbons (Fsp3) is 0.699. The van der Waals surface area contributed by atoms with Crippen LogP contribution >= 0.6 is 15.6 Å². The van der Waals surface area contributed by atoms with Crippen molar-refractivity contribution < 1.29 is 75.8 Å². The van der Waals surface area contributed by atoms with Crippen molar-refractivity contribution in [3.05, 3.63) is 134 Å². The lowest BCUT2D eigenvalue weighted by molar-refractivity contribution is -0.161. The lowest BCUT2D eigenvalue weighted by Crippen LogP contribution is -2.30. The molecule has 0 aliphatic carbocycles. The monoisotopic (exact) mass is 1460 g/mol. The molecule has 0 aromatic rings. The molecule has 580 valence electrons. The molecule has 5 atom stereocenters. The average Bonchev–Trinajstić information content (AvgIpc) is 0.980. The van der Waals surface area contributed by atoms with Gasteiger partial charge in [0.2, 0.25) is 0 Å². The molecule has 0 saturated heterocycles. The smallest absolute Gasteiger partial charge is 0.463 e. The van der Waals surface area contributed by atoms with E-state index in [0.29, 0.717) is 19.3 Å². The molecule has 0 heterocycles. The van der Waals surface area contributed by atoms with E-state index in [4.69, 9.17) is 32.3 Å². The fourth-order valence-corrected chi connectivity index (χ4v) is 12.0. The highest BCUT2D eigenvalue weighted by Crippen LogP contribution is 2.45. The van der Waals surface area contributed by atoms with E-state index in [0.717, 1.165) is 167 Å². The van der Waals surface area contributed by atoms with Gasteiger partial charge in [-0.1, -0.05) is 296 Å². The Balaban J connectivity index is 4.50. The number of carbonyl (C=O) groups is 3. The number of phosphoric ester groups is 2. The van der Waals surface area contributed by atoms with E-state index < -0.39 is 91.5 Å². The minimum atomic E-state index is -4.94. The van der Waals surface area contributed by atoms with Gasteiger partial charge in [-0.05, 0) is 135 Å². The molecule has 0 spiro atoms. The molecule has 0 amide bonds. The SMILES string of the molecule is CC/C=C\C/C=C\C/C=C\C/C=C\C/C=C\C/C=C\CCCCCCCCCCCCCCC(=O)OCC(O)COP(=O)(O)OCC(O)COP(=O)(O)OCC(COC(=O)CCCCCCCC/C=C\C/C=C\C/C=C\C/C=C\CC)OC(=O)CCCCCCC/C=C\CCCCCCCC. The average molecular weight is 1460 g/mol. The van der Waals surface area contributed by atoms with E-state index in [9.17, 15) is 43.5 Å². The van der Waals surface area contributed by atoms with Crippen LogP contribution in [-0.2, 0) is 55.8 Å². The quantitative estimate of drug-likeness (QED) is 0.0146. The number of ether oxygens (including phenoxy) is 3. The topological polar surface area (TPSA) is 231 Å². The standard InChI is InChI=1S/C83H142O16P2/c1-4-7-10-13-16-19-22-25-28-30-32-33-34-35-36-37-38-39-40-41-42-43-45-47-49-51-54-57-60-63-66-69-81(86)93-72-78(84)73-95-100(89,90)96-74-79(85)75-97-101(91,92)98-77-80(99-83(88)71-68-65-62-59-56-53-48-27-24-21-18-15-12-9-6-3)76-94-82(87)70-67-64-61-58-55-52-50-46-44-31-29-26-23-20-17-14-11-8-5-2/h7-8,10-11,16-17,19-20,25-29,32-33,35-36,38-39,44,46,48,78-80,84-85H,4-6,9,12-15,18,21-24,30-31,34,37,40-43,45,47,49-77H2,1-3H3,(H,89,90)(H,91,92)/b10-7-,11-8-,19-16-,20-17-,28-25-,29-26-,33-32-,36-35-,39-38-,46-44-,48-27-. The zero-order chi connectivity index (χ0) is 73.7. The van der Waals surface area contributed by atoms with E-state index in [1.54, 1.807) is 0 Å². The van der Waals surface area contributed by atoms with Crippen LogP contribution in [-0.4, -0.2) is 95.9 Å². The molecule has 0 aliphatic rings. The number of carbonyl (C=O) groups excluding carboxylic acids is 3. The first-order chi connectivity index (χ1) is 49.2. The van der Waals surface area contributed by atoms with Crippen molar-refractivity contribution in [2.45, 2.75) is 334 Å². The lowest BCUT2D eigenvalue weighted by Gasteiger charge is -2.21. The van der Waals surface area contributed by atoms with E-state index in [-0.39, 0.29) is 19.3 Å². The van der Waals surface area contributed by atoms with Crippen molar-refractivity contribution in [2.75, 3.05) is 39.6 Å². The molecular formula is C83H142O16P2. The molecule has 0 aliphatic heterocycles. The maximum Gasteiger partial charge on any atom is 0.472 e. The summed E-state index contributed by atoms with van der Waals surface area (Å²) in [5, 5.41) is 20.6. The van der Waals surface area contributed by atoms with Crippen molar-refractivity contribution in [3.8, 4) is 0 Å². The molecule has 0 aromatic heterocycles. The highest BCUT2D eigenvalue weighted by molar-refractivity contribution is 7.47. The second kappa shape index (κ2) is 75.4. The van der Waals surface area contributed by atoms with Crippen molar-refractivity contribution in [1.29, 1.82) is 0 Å². The van der Waals surface area contributed by atoms with Gasteiger partial charge >= 0.3 is 33.6 Å². The van der Waals surface area contributed by atoms with Crippen LogP contribution in [0.5, 0.6) is 0 Å². The Bertz CT molecular complexity index is 2370. The summed E-state index contributed by atoms with van der Waals surface area (Å²) in [5.41, 5.74) is 0. The van der Waals surface area contributed by atoms with Crippen molar-refractivity contribution >= 4 is 33.6 Å². The Morgan fingerprint density at radius 2 is 0.525 bits per heavy atom. The summed E-state index contributed by atoms with van der Waals surface area (Å²) < 4.78 is 61.1. The predicted molar refractivity (Wildman–Crippen MR) is 417 cm³/mol. The largest absolute Gasteiger partial charge is 0.472 e. The number of esters is 3. The molecule has 0 rings (SSSR count). The molecule has 0 bridgehead atoms. The van der Waals surface area contributed by atoms with E-state index in [1.807, 2.05) is 0 Å². The second-order valence-corrected chi connectivity index (χ2v) is 29.0. The maximum absolute atomic E-state index is 13.0. The van der Waals surface area contributed by atoms with Crippen LogP contribution in [0.1, 0.15) is 316 Å². The number of aliphatic hydroxyl groups is 2. The van der Waals surface area contributed by atoms with Crippen molar-refractivity contribution in [3.63, 3.8) is 0 Å². The predicted octanol–water partition coefficient (Wildman–Crippen LogP) is 23.1. The summed E-state index contributed by atoms with van der Waals surface area (Å²) in [7, 11) is -9.80. The van der Waals surface area contributed by atoms with Crippen LogP contribution in [0.4, 0.5) is 0 Å². The van der Waals surface area contributed by atoms with Crippen molar-refractivity contribution in [2.24, 2.45) is 0 Å². The summed E-state index contributed by atoms with van der Waals surface area (Å²) in [6.45, 7) is 2.43. The number of allylic oxidation sites excluding steroid dienone is 22. The summed E-state index contributed by atoms with van der Waals surface area (Å²) in [6, 6.07) is 0. The summed E-state index contributed by atoms with van der Waals surface area (Å²) in [4.78, 5) is 58.6. The number of aliphatic hydroxyl groups excluding tert-OH is 2. The van der Waals surface area contributed by atoms with Gasteiger partial charge < -0.3 is 34.2 Å². The third-order valence-electron chi connectivity index (χ3n) is 16.3. The van der Waals surface area contributed by atoms with Crippen LogP contribution in [0.2, 0.25) is 0 Å². The Morgan fingerprint density at radius 1 is 0.287 bits per heavy atom. The Morgan fingerprint density at radius 3 is 0.842 bits per heavy atom. The maximum atomic E-state index is 13.0. The Hall–Kier alpha value is -4.31. The van der Waals surface area contributed by atoms with Crippen LogP contribution in [0.15, 0.2) is 134 Å². The molecule has 0 saturated carbocycles. The van der Waals surface area contributed by atoms with Gasteiger partial charge in [-0.2, -0.15) is 0 Å². The molecule has 0 radical (unpaired) electrons. The molecule has 0 aromatic carbocycles. The van der Waals surface area contributed by atoms with Gasteiger partial charge in [0.05, 0.1) is 26.4 Å². The van der Waals surface area contributed by atoms with Gasteiger partial charge in [0, 0.05) is 19.3 Å². The zero-order valence-corrected chi connectivity index (χ0v) is 65.1. The number of hydrogen-bond donors (Lipinski definition) is 4. The van der Waals surface area contributed by atoms with Gasteiger partial charge in [0.15, 0.2) is 6.10 Å². The van der Waals surface area contributed by atoms with E-state index in [2.05, 4.69) is 154 Å². The normalized spacial score (nSPS) is 14.7. The molecule has 4 N–H and O–H groups in total. The van der Waals surface area contributed by atoms with Crippen LogP contribution in [0.25, 0.3) is 0 Å². The summed E-state index contributed by atoms with van der Waals surface area (Å²) >= 11 is 0. The lowest BCUT2D eigenvalue weighted by atomic mass is 10.0. The van der Waals surface area contributed by atoms with Gasteiger partial charge in [-0.15, -0.1) is 0 Å². The Labute approximate surface area is 614 Å². The molecule has 18 heteroatoms. The first-order valence-corrected chi connectivity index (χ1v) is 42.5. The molecule has 101 heavy (non-hydrogen) atoms. The number of rotatable bonds is 74. The highest BCUT2D eigenvalue weighted by Gasteiger charge is 2.29. The van der Waals surface area contributed by atoms with Gasteiger partial charge in [0.1, 0.15) is 25.4 Å². The second-order valence-electron chi connectivity index (χ2n) is 26.1. The molecule has 5 unspecified atom stereocenters. The number of unbranched alkanes of at least 4 members (excludes halogenated alkanes) is 29. The highest BCUT2D eigenvalue weighted by atomic mass is 31.2. The van der Waals surface area contributed by atoms with Gasteiger partial charge in [0.25, 0.3) is 0 Å². The minimum Gasteiger partial charge on any atom is -0.463 e. The summed E-state index contributed by atoms with van der Waals surface area (Å²) in [6.07, 6.45) is 90.7. The first kappa shape index (κ1) is 96.7. The van der Waals surface area contributed by atoms with Gasteiger partial charge in [-0.25, -0.2) is 9.13 Å². The van der Waals surface area contributed by atoms with Crippen LogP contribution in [0, 0.1) is 0 Å². The van der Waals surface area contributed by atoms with E-state index >= 15 is 0 Å². The first-order valence-electron chi connectivity index (χ1n) is 39.5. The number of phosphoric acid groups is 2. The van der Waals surface area contributed by atoms with Crippen LogP contribution in [0.3, 0.4) is 0 Å². The van der Waals surface area contributed by atoms with Crippen molar-refractivity contribution in [1.82, 2.24) is 0 Å². The van der Waals surface area contributed by atoms with Crippen LogP contribution < -0.4 is 0 Å². The molecular weight excluding hydrogens is 1310 g/mol.